The highest BCUT2D eigenvalue weighted by Gasteiger charge is 2.17. The molecule has 0 saturated heterocycles. The fraction of sp³-hybridized carbons (Fsp3) is 0.105. The van der Waals surface area contributed by atoms with Crippen LogP contribution in [-0.4, -0.2) is 35.8 Å². The molecule has 0 spiro atoms. The Labute approximate surface area is 154 Å². The number of hydrogen-bond acceptors (Lipinski definition) is 4. The maximum Gasteiger partial charge on any atom is 0.275 e. The fourth-order valence-corrected chi connectivity index (χ4v) is 3.12. The van der Waals surface area contributed by atoms with Gasteiger partial charge in [-0.1, -0.05) is 12.1 Å². The van der Waals surface area contributed by atoms with Crippen LogP contribution in [0.25, 0.3) is 10.6 Å². The molecule has 7 heteroatoms. The van der Waals surface area contributed by atoms with Crippen molar-refractivity contribution in [2.75, 3.05) is 19.4 Å². The summed E-state index contributed by atoms with van der Waals surface area (Å²) in [6.07, 6.45) is 0. The Hall–Kier alpha value is -3.06. The molecule has 0 saturated carbocycles. The van der Waals surface area contributed by atoms with Gasteiger partial charge in [0.1, 0.15) is 16.5 Å². The summed E-state index contributed by atoms with van der Waals surface area (Å²) in [5.74, 6) is -0.940. The molecule has 0 aliphatic carbocycles. The third kappa shape index (κ3) is 3.78. The quantitative estimate of drug-likeness (QED) is 0.759. The molecule has 1 aromatic heterocycles. The molecule has 0 bridgehead atoms. The number of nitrogens with zero attached hydrogens (tertiary/aromatic N) is 2. The lowest BCUT2D eigenvalue weighted by molar-refractivity contribution is 0.0828. The van der Waals surface area contributed by atoms with Crippen LogP contribution in [0, 0.1) is 5.82 Å². The summed E-state index contributed by atoms with van der Waals surface area (Å²) in [6, 6.07) is 12.7. The van der Waals surface area contributed by atoms with Crippen molar-refractivity contribution in [3.05, 3.63) is 71.0 Å². The molecule has 0 radical (unpaired) electrons. The van der Waals surface area contributed by atoms with E-state index in [-0.39, 0.29) is 17.4 Å². The normalized spacial score (nSPS) is 10.4. The van der Waals surface area contributed by atoms with Crippen LogP contribution in [0.4, 0.5) is 10.1 Å². The Kier molecular flexibility index (Phi) is 5.09. The predicted octanol–water partition coefficient (Wildman–Crippen LogP) is 3.90. The number of carbonyl (C=O) groups is 2. The van der Waals surface area contributed by atoms with E-state index in [0.717, 1.165) is 5.56 Å². The number of carbonyl (C=O) groups excluding carboxylic acids is 2. The lowest BCUT2D eigenvalue weighted by atomic mass is 10.1. The Morgan fingerprint density at radius 3 is 2.46 bits per heavy atom. The highest BCUT2D eigenvalue weighted by atomic mass is 32.1. The minimum absolute atomic E-state index is 0.203. The van der Waals surface area contributed by atoms with Crippen LogP contribution in [0.3, 0.4) is 0 Å². The first-order chi connectivity index (χ1) is 12.5. The molecule has 132 valence electrons. The molecular formula is C19H16FN3O2S. The molecule has 0 aliphatic rings. The van der Waals surface area contributed by atoms with Gasteiger partial charge in [-0.15, -0.1) is 11.3 Å². The summed E-state index contributed by atoms with van der Waals surface area (Å²) in [5.41, 5.74) is 1.80. The first kappa shape index (κ1) is 17.8. The second-order valence-electron chi connectivity index (χ2n) is 5.74. The van der Waals surface area contributed by atoms with Gasteiger partial charge in [0.05, 0.1) is 11.3 Å². The number of halogens is 1. The van der Waals surface area contributed by atoms with E-state index in [1.807, 2.05) is 0 Å². The minimum Gasteiger partial charge on any atom is -0.345 e. The van der Waals surface area contributed by atoms with Crippen LogP contribution < -0.4 is 5.32 Å². The van der Waals surface area contributed by atoms with Crippen LogP contribution in [0.5, 0.6) is 0 Å². The number of amides is 2. The molecule has 5 nitrogen and oxygen atoms in total. The van der Waals surface area contributed by atoms with Crippen LogP contribution >= 0.6 is 11.3 Å². The Balaban J connectivity index is 1.82. The maximum absolute atomic E-state index is 13.0. The third-order valence-corrected chi connectivity index (χ3v) is 4.53. The Morgan fingerprint density at radius 1 is 1.08 bits per heavy atom. The standard InChI is InChI=1S/C19H16FN3O2S/c1-23(2)19(25)14-5-3-4-6-15(14)21-17(24)16-11-26-18(22-16)12-7-9-13(20)10-8-12/h3-11H,1-2H3,(H,21,24). The van der Waals surface area contributed by atoms with E-state index in [9.17, 15) is 14.0 Å². The lowest BCUT2D eigenvalue weighted by Gasteiger charge is -2.14. The van der Waals surface area contributed by atoms with Crippen LogP contribution in [0.15, 0.2) is 53.9 Å². The van der Waals surface area contributed by atoms with Crippen LogP contribution in [-0.2, 0) is 0 Å². The average molecular weight is 369 g/mol. The second-order valence-corrected chi connectivity index (χ2v) is 6.60. The van der Waals surface area contributed by atoms with Crippen molar-refractivity contribution < 1.29 is 14.0 Å². The van der Waals surface area contributed by atoms with E-state index in [4.69, 9.17) is 0 Å². The van der Waals surface area contributed by atoms with Gasteiger partial charge in [0.15, 0.2) is 0 Å². The summed E-state index contributed by atoms with van der Waals surface area (Å²) < 4.78 is 13.0. The van der Waals surface area contributed by atoms with E-state index in [0.29, 0.717) is 16.3 Å². The maximum atomic E-state index is 13.0. The zero-order valence-corrected chi connectivity index (χ0v) is 15.0. The van der Waals surface area contributed by atoms with Crippen molar-refractivity contribution in [2.24, 2.45) is 0 Å². The zero-order valence-electron chi connectivity index (χ0n) is 14.2. The van der Waals surface area contributed by atoms with Crippen molar-refractivity contribution in [3.63, 3.8) is 0 Å². The van der Waals surface area contributed by atoms with Crippen molar-refractivity contribution in [3.8, 4) is 10.6 Å². The molecule has 0 atom stereocenters. The first-order valence-electron chi connectivity index (χ1n) is 7.79. The molecular weight excluding hydrogens is 353 g/mol. The van der Waals surface area contributed by atoms with Crippen LogP contribution in [0.1, 0.15) is 20.8 Å². The van der Waals surface area contributed by atoms with E-state index in [2.05, 4.69) is 10.3 Å². The fourth-order valence-electron chi connectivity index (χ4n) is 2.31. The number of benzene rings is 2. The van der Waals surface area contributed by atoms with E-state index >= 15 is 0 Å². The van der Waals surface area contributed by atoms with Gasteiger partial charge in [-0.25, -0.2) is 9.37 Å². The van der Waals surface area contributed by atoms with Gasteiger partial charge in [0, 0.05) is 25.0 Å². The number of para-hydroxylation sites is 1. The van der Waals surface area contributed by atoms with Gasteiger partial charge >= 0.3 is 0 Å². The number of anilines is 1. The summed E-state index contributed by atoms with van der Waals surface area (Å²) in [7, 11) is 3.30. The van der Waals surface area contributed by atoms with Gasteiger partial charge in [-0.3, -0.25) is 9.59 Å². The number of thiazole rings is 1. The smallest absolute Gasteiger partial charge is 0.275 e. The van der Waals surface area contributed by atoms with Crippen molar-refractivity contribution >= 4 is 28.8 Å². The van der Waals surface area contributed by atoms with Gasteiger partial charge in [0.2, 0.25) is 0 Å². The molecule has 26 heavy (non-hydrogen) atoms. The van der Waals surface area contributed by atoms with Crippen LogP contribution in [0.2, 0.25) is 0 Å². The Morgan fingerprint density at radius 2 is 1.77 bits per heavy atom. The molecule has 1 heterocycles. The van der Waals surface area contributed by atoms with Gasteiger partial charge in [-0.2, -0.15) is 0 Å². The number of rotatable bonds is 4. The van der Waals surface area contributed by atoms with Gasteiger partial charge in [0.25, 0.3) is 11.8 Å². The third-order valence-electron chi connectivity index (χ3n) is 3.64. The highest BCUT2D eigenvalue weighted by molar-refractivity contribution is 7.13. The van der Waals surface area contributed by atoms with Crippen molar-refractivity contribution in [2.45, 2.75) is 0 Å². The number of aromatic nitrogens is 1. The highest BCUT2D eigenvalue weighted by Crippen LogP contribution is 2.25. The van der Waals surface area contributed by atoms with Gasteiger partial charge < -0.3 is 10.2 Å². The SMILES string of the molecule is CN(C)C(=O)c1ccccc1NC(=O)c1csc(-c2ccc(F)cc2)n1. The number of hydrogen-bond donors (Lipinski definition) is 1. The molecule has 0 fully saturated rings. The number of nitrogens with one attached hydrogen (secondary N) is 1. The topological polar surface area (TPSA) is 62.3 Å². The molecule has 0 unspecified atom stereocenters. The first-order valence-corrected chi connectivity index (χ1v) is 8.67. The monoisotopic (exact) mass is 369 g/mol. The molecule has 3 rings (SSSR count). The van der Waals surface area contributed by atoms with E-state index in [1.165, 1.54) is 28.4 Å². The molecule has 0 aliphatic heterocycles. The van der Waals surface area contributed by atoms with E-state index < -0.39 is 5.91 Å². The molecule has 1 N–H and O–H groups in total. The molecule has 3 aromatic rings. The summed E-state index contributed by atoms with van der Waals surface area (Å²) in [6.45, 7) is 0. The summed E-state index contributed by atoms with van der Waals surface area (Å²) >= 11 is 1.29. The largest absolute Gasteiger partial charge is 0.345 e. The Bertz CT molecular complexity index is 951. The summed E-state index contributed by atoms with van der Waals surface area (Å²) in [4.78, 5) is 30.5. The summed E-state index contributed by atoms with van der Waals surface area (Å²) in [5, 5.41) is 4.98. The van der Waals surface area contributed by atoms with Gasteiger partial charge in [-0.05, 0) is 36.4 Å². The predicted molar refractivity (Wildman–Crippen MR) is 99.9 cm³/mol. The van der Waals surface area contributed by atoms with Crippen molar-refractivity contribution in [1.82, 2.24) is 9.88 Å². The lowest BCUT2D eigenvalue weighted by Crippen LogP contribution is -2.24. The minimum atomic E-state index is -0.409. The zero-order chi connectivity index (χ0) is 18.7. The molecule has 2 aromatic carbocycles. The average Bonchev–Trinajstić information content (AvgIpc) is 3.12. The second kappa shape index (κ2) is 7.45. The van der Waals surface area contributed by atoms with E-state index in [1.54, 1.807) is 55.9 Å². The molecule has 2 amide bonds. The van der Waals surface area contributed by atoms with Crippen molar-refractivity contribution in [1.29, 1.82) is 0 Å².